The maximum atomic E-state index is 13.0. The number of morpholine rings is 1. The molecule has 0 unspecified atom stereocenters. The lowest BCUT2D eigenvalue weighted by atomic mass is 10.1. The molecule has 3 aromatic rings. The van der Waals surface area contributed by atoms with Crippen LogP contribution in [0.2, 0.25) is 0 Å². The predicted octanol–water partition coefficient (Wildman–Crippen LogP) is 3.99. The molecule has 5 nitrogen and oxygen atoms in total. The minimum atomic E-state index is 0.0718. The standard InChI is InChI=1S/C25H25NO4/c27-24-21-9-7-20(29-15-12-26-10-13-28-14-11-26)17-23(21)30-25-19(6-8-22(24)25)16-18-4-2-1-3-5-18/h1-5,7,9,16-17H,6,8,10-15H2. The molecule has 0 N–H and O–H groups in total. The summed E-state index contributed by atoms with van der Waals surface area (Å²) in [7, 11) is 0. The van der Waals surface area contributed by atoms with Crippen LogP contribution < -0.4 is 10.2 Å². The molecule has 154 valence electrons. The first kappa shape index (κ1) is 19.1. The summed E-state index contributed by atoms with van der Waals surface area (Å²) in [6.07, 6.45) is 3.66. The molecule has 30 heavy (non-hydrogen) atoms. The van der Waals surface area contributed by atoms with Gasteiger partial charge in [-0.1, -0.05) is 30.3 Å². The lowest BCUT2D eigenvalue weighted by Gasteiger charge is -2.26. The number of hydrogen-bond acceptors (Lipinski definition) is 5. The molecule has 0 spiro atoms. The van der Waals surface area contributed by atoms with Crippen molar-refractivity contribution in [2.24, 2.45) is 0 Å². The van der Waals surface area contributed by atoms with Gasteiger partial charge in [-0.25, -0.2) is 0 Å². The van der Waals surface area contributed by atoms with E-state index in [1.54, 1.807) is 0 Å². The first-order chi connectivity index (χ1) is 14.8. The van der Waals surface area contributed by atoms with Crippen LogP contribution in [0.5, 0.6) is 5.75 Å². The van der Waals surface area contributed by atoms with Gasteiger partial charge in [0.1, 0.15) is 23.7 Å². The van der Waals surface area contributed by atoms with Crippen molar-refractivity contribution in [1.82, 2.24) is 4.90 Å². The van der Waals surface area contributed by atoms with E-state index in [9.17, 15) is 4.79 Å². The van der Waals surface area contributed by atoms with E-state index in [0.29, 0.717) is 17.6 Å². The van der Waals surface area contributed by atoms with Crippen LogP contribution in [-0.2, 0) is 11.2 Å². The summed E-state index contributed by atoms with van der Waals surface area (Å²) in [4.78, 5) is 15.3. The van der Waals surface area contributed by atoms with Gasteiger partial charge in [-0.2, -0.15) is 0 Å². The number of allylic oxidation sites excluding steroid dienone is 1. The number of rotatable bonds is 5. The average Bonchev–Trinajstić information content (AvgIpc) is 3.18. The smallest absolute Gasteiger partial charge is 0.196 e. The Morgan fingerprint density at radius 3 is 2.70 bits per heavy atom. The van der Waals surface area contributed by atoms with E-state index in [-0.39, 0.29) is 5.43 Å². The van der Waals surface area contributed by atoms with E-state index in [0.717, 1.165) is 73.9 Å². The highest BCUT2D eigenvalue weighted by Gasteiger charge is 2.24. The largest absolute Gasteiger partial charge is 0.492 e. The van der Waals surface area contributed by atoms with Gasteiger partial charge in [-0.3, -0.25) is 9.69 Å². The zero-order valence-corrected chi connectivity index (χ0v) is 16.9. The van der Waals surface area contributed by atoms with Crippen molar-refractivity contribution >= 4 is 22.6 Å². The van der Waals surface area contributed by atoms with E-state index in [1.165, 1.54) is 0 Å². The Bertz CT molecular complexity index is 1130. The molecule has 0 bridgehead atoms. The summed E-state index contributed by atoms with van der Waals surface area (Å²) in [5.41, 5.74) is 3.63. The first-order valence-electron chi connectivity index (χ1n) is 10.6. The number of benzene rings is 2. The van der Waals surface area contributed by atoms with E-state index in [4.69, 9.17) is 13.9 Å². The van der Waals surface area contributed by atoms with Gasteiger partial charge < -0.3 is 13.9 Å². The molecule has 5 rings (SSSR count). The third-order valence-electron chi connectivity index (χ3n) is 5.81. The zero-order valence-electron chi connectivity index (χ0n) is 16.9. The quantitative estimate of drug-likeness (QED) is 0.645. The van der Waals surface area contributed by atoms with Crippen LogP contribution in [-0.4, -0.2) is 44.4 Å². The molecule has 1 aromatic heterocycles. The van der Waals surface area contributed by atoms with Crippen molar-refractivity contribution in [3.8, 4) is 5.75 Å². The van der Waals surface area contributed by atoms with Crippen molar-refractivity contribution in [2.75, 3.05) is 39.5 Å². The van der Waals surface area contributed by atoms with Gasteiger partial charge in [0.2, 0.25) is 0 Å². The Labute approximate surface area is 175 Å². The minimum absolute atomic E-state index is 0.0718. The predicted molar refractivity (Wildman–Crippen MR) is 118 cm³/mol. The maximum absolute atomic E-state index is 13.0. The normalized spacial score (nSPS) is 18.1. The van der Waals surface area contributed by atoms with Gasteiger partial charge in [-0.15, -0.1) is 0 Å². The second kappa shape index (κ2) is 8.46. The molecule has 1 aliphatic carbocycles. The van der Waals surface area contributed by atoms with Crippen LogP contribution in [0.1, 0.15) is 23.3 Å². The highest BCUT2D eigenvalue weighted by Crippen LogP contribution is 2.34. The van der Waals surface area contributed by atoms with Crippen LogP contribution in [0.15, 0.2) is 57.7 Å². The summed E-state index contributed by atoms with van der Waals surface area (Å²) < 4.78 is 17.5. The highest BCUT2D eigenvalue weighted by molar-refractivity contribution is 5.87. The Morgan fingerprint density at radius 2 is 1.87 bits per heavy atom. The fourth-order valence-corrected chi connectivity index (χ4v) is 4.17. The molecule has 0 atom stereocenters. The lowest BCUT2D eigenvalue weighted by molar-refractivity contribution is 0.0322. The lowest BCUT2D eigenvalue weighted by Crippen LogP contribution is -2.38. The second-order valence-corrected chi connectivity index (χ2v) is 7.78. The summed E-state index contributed by atoms with van der Waals surface area (Å²) >= 11 is 0. The van der Waals surface area contributed by atoms with Crippen molar-refractivity contribution in [3.05, 3.63) is 75.6 Å². The van der Waals surface area contributed by atoms with Gasteiger partial charge in [0.05, 0.1) is 18.6 Å². The minimum Gasteiger partial charge on any atom is -0.492 e. The van der Waals surface area contributed by atoms with Crippen molar-refractivity contribution in [3.63, 3.8) is 0 Å². The Hall–Kier alpha value is -2.89. The fraction of sp³-hybridized carbons (Fsp3) is 0.320. The Balaban J connectivity index is 1.39. The van der Waals surface area contributed by atoms with Crippen LogP contribution in [0.25, 0.3) is 22.6 Å². The summed E-state index contributed by atoms with van der Waals surface area (Å²) in [6.45, 7) is 4.91. The van der Waals surface area contributed by atoms with Crippen molar-refractivity contribution < 1.29 is 13.9 Å². The number of ether oxygens (including phenoxy) is 2. The van der Waals surface area contributed by atoms with Crippen LogP contribution in [0.4, 0.5) is 0 Å². The molecule has 0 saturated carbocycles. The fourth-order valence-electron chi connectivity index (χ4n) is 4.17. The van der Waals surface area contributed by atoms with E-state index >= 15 is 0 Å². The average molecular weight is 403 g/mol. The molecule has 1 saturated heterocycles. The van der Waals surface area contributed by atoms with E-state index < -0.39 is 0 Å². The van der Waals surface area contributed by atoms with Crippen LogP contribution >= 0.6 is 0 Å². The molecular formula is C25H25NO4. The second-order valence-electron chi connectivity index (χ2n) is 7.78. The van der Waals surface area contributed by atoms with E-state index in [1.807, 2.05) is 36.4 Å². The maximum Gasteiger partial charge on any atom is 0.196 e. The SMILES string of the molecule is O=c1c2c(oc3cc(OCCN4CCOCC4)ccc13)C(=Cc1ccccc1)CC2. The zero-order chi connectivity index (χ0) is 20.3. The first-order valence-corrected chi connectivity index (χ1v) is 10.6. The number of hydrogen-bond donors (Lipinski definition) is 0. The molecule has 1 fully saturated rings. The molecule has 5 heteroatoms. The van der Waals surface area contributed by atoms with Gasteiger partial charge in [0, 0.05) is 31.3 Å². The molecule has 0 amide bonds. The third-order valence-corrected chi connectivity index (χ3v) is 5.81. The number of fused-ring (bicyclic) bond motifs is 2. The third kappa shape index (κ3) is 3.91. The summed E-state index contributed by atoms with van der Waals surface area (Å²) in [6, 6.07) is 15.7. The summed E-state index contributed by atoms with van der Waals surface area (Å²) in [5, 5.41) is 0.621. The highest BCUT2D eigenvalue weighted by atomic mass is 16.5. The van der Waals surface area contributed by atoms with Gasteiger partial charge in [0.25, 0.3) is 0 Å². The molecule has 2 heterocycles. The van der Waals surface area contributed by atoms with E-state index in [2.05, 4.69) is 23.1 Å². The molecule has 0 radical (unpaired) electrons. The molecule has 2 aliphatic rings. The van der Waals surface area contributed by atoms with Crippen molar-refractivity contribution in [2.45, 2.75) is 12.8 Å². The molecule has 1 aliphatic heterocycles. The topological polar surface area (TPSA) is 51.9 Å². The van der Waals surface area contributed by atoms with Crippen LogP contribution in [0.3, 0.4) is 0 Å². The monoisotopic (exact) mass is 403 g/mol. The Morgan fingerprint density at radius 1 is 1.03 bits per heavy atom. The van der Waals surface area contributed by atoms with Gasteiger partial charge in [0.15, 0.2) is 5.43 Å². The van der Waals surface area contributed by atoms with Crippen molar-refractivity contribution in [1.29, 1.82) is 0 Å². The van der Waals surface area contributed by atoms with Gasteiger partial charge >= 0.3 is 0 Å². The number of nitrogens with zero attached hydrogens (tertiary/aromatic N) is 1. The van der Waals surface area contributed by atoms with Crippen LogP contribution in [0, 0.1) is 0 Å². The summed E-state index contributed by atoms with van der Waals surface area (Å²) in [5.74, 6) is 1.45. The Kier molecular flexibility index (Phi) is 5.39. The molecular weight excluding hydrogens is 378 g/mol. The molecule has 2 aromatic carbocycles. The van der Waals surface area contributed by atoms with Gasteiger partial charge in [-0.05, 0) is 42.2 Å².